The minimum atomic E-state index is -0.119. The summed E-state index contributed by atoms with van der Waals surface area (Å²) in [5.74, 6) is 0.797. The van der Waals surface area contributed by atoms with Crippen LogP contribution in [0.3, 0.4) is 0 Å². The zero-order valence-corrected chi connectivity index (χ0v) is 13.0. The minimum absolute atomic E-state index is 0.111. The number of aliphatic imine (C=N–C) groups is 1. The number of nitrogens with one attached hydrogen (secondary N) is 1. The molecule has 0 fully saturated rings. The fourth-order valence-electron chi connectivity index (χ4n) is 2.34. The largest absolute Gasteiger partial charge is 0.323 e. The Morgan fingerprint density at radius 1 is 1.05 bits per heavy atom. The maximum Gasteiger partial charge on any atom is 0.246 e. The third kappa shape index (κ3) is 2.76. The molecule has 0 unspecified atom stereocenters. The molecule has 0 aliphatic carbocycles. The molecule has 0 bridgehead atoms. The van der Waals surface area contributed by atoms with Crippen LogP contribution < -0.4 is 9.80 Å². The molecule has 5 heteroatoms. The van der Waals surface area contributed by atoms with Gasteiger partial charge in [0.1, 0.15) is 12.2 Å². The van der Waals surface area contributed by atoms with Crippen molar-refractivity contribution in [2.75, 3.05) is 33.0 Å². The minimum Gasteiger partial charge on any atom is -0.323 e. The van der Waals surface area contributed by atoms with Gasteiger partial charge in [0.25, 0.3) is 0 Å². The van der Waals surface area contributed by atoms with Crippen molar-refractivity contribution in [3.63, 3.8) is 0 Å². The molecule has 22 heavy (non-hydrogen) atoms. The molecule has 1 amide bonds. The van der Waals surface area contributed by atoms with Gasteiger partial charge in [0.15, 0.2) is 0 Å². The molecule has 1 N–H and O–H groups in total. The summed E-state index contributed by atoms with van der Waals surface area (Å²) in [6.45, 7) is 0.111. The summed E-state index contributed by atoms with van der Waals surface area (Å²) >= 11 is 0. The highest BCUT2D eigenvalue weighted by molar-refractivity contribution is 6.18. The van der Waals surface area contributed by atoms with E-state index in [9.17, 15) is 4.79 Å². The molecule has 0 atom stereocenters. The standard InChI is InChI=1S/C17H18N4O/c1-21(2,3)14-10-9-13-17(20-14)16(18-11-15(22)19-13)12-7-5-4-6-8-12/h4-10H,11H2,1-3H3/p+1. The van der Waals surface area contributed by atoms with E-state index in [1.807, 2.05) is 42.5 Å². The normalized spacial score (nSPS) is 14.7. The Bertz CT molecular complexity index is 745. The van der Waals surface area contributed by atoms with Crippen LogP contribution in [0.1, 0.15) is 11.3 Å². The maximum atomic E-state index is 11.9. The summed E-state index contributed by atoms with van der Waals surface area (Å²) < 4.78 is 0.600. The molecule has 0 saturated heterocycles. The van der Waals surface area contributed by atoms with Crippen LogP contribution in [0.15, 0.2) is 47.5 Å². The van der Waals surface area contributed by atoms with Crippen molar-refractivity contribution in [2.45, 2.75) is 0 Å². The van der Waals surface area contributed by atoms with Gasteiger partial charge in [0.05, 0.1) is 32.5 Å². The number of carbonyl (C=O) groups is 1. The van der Waals surface area contributed by atoms with Gasteiger partial charge in [-0.3, -0.25) is 14.3 Å². The van der Waals surface area contributed by atoms with Crippen LogP contribution in [0, 0.1) is 0 Å². The van der Waals surface area contributed by atoms with Crippen LogP contribution >= 0.6 is 0 Å². The van der Waals surface area contributed by atoms with E-state index in [1.54, 1.807) is 0 Å². The number of carbonyl (C=O) groups excluding carboxylic acids is 1. The number of hydrogen-bond donors (Lipinski definition) is 1. The number of aromatic nitrogens is 1. The van der Waals surface area contributed by atoms with Crippen LogP contribution in [0.4, 0.5) is 11.5 Å². The molecule has 1 aromatic carbocycles. The average molecular weight is 295 g/mol. The monoisotopic (exact) mass is 295 g/mol. The highest BCUT2D eigenvalue weighted by atomic mass is 16.1. The van der Waals surface area contributed by atoms with E-state index < -0.39 is 0 Å². The molecule has 0 radical (unpaired) electrons. The van der Waals surface area contributed by atoms with Gasteiger partial charge in [0, 0.05) is 11.6 Å². The van der Waals surface area contributed by atoms with E-state index >= 15 is 0 Å². The number of nitrogens with zero attached hydrogens (tertiary/aromatic N) is 3. The zero-order valence-electron chi connectivity index (χ0n) is 13.0. The molecular formula is C17H19N4O+. The van der Waals surface area contributed by atoms with Gasteiger partial charge in [-0.05, 0) is 6.07 Å². The first-order valence-electron chi connectivity index (χ1n) is 7.18. The van der Waals surface area contributed by atoms with Crippen molar-refractivity contribution in [1.29, 1.82) is 0 Å². The predicted molar refractivity (Wildman–Crippen MR) is 89.4 cm³/mol. The lowest BCUT2D eigenvalue weighted by Crippen LogP contribution is -2.36. The second-order valence-electron chi connectivity index (χ2n) is 6.16. The lowest BCUT2D eigenvalue weighted by Gasteiger charge is -2.23. The molecule has 5 nitrogen and oxygen atoms in total. The van der Waals surface area contributed by atoms with Crippen molar-refractivity contribution >= 4 is 23.1 Å². The van der Waals surface area contributed by atoms with Gasteiger partial charge >= 0.3 is 0 Å². The second-order valence-corrected chi connectivity index (χ2v) is 6.16. The lowest BCUT2D eigenvalue weighted by atomic mass is 10.1. The Balaban J connectivity index is 2.19. The SMILES string of the molecule is C[N+](C)(C)c1ccc2c(n1)C(c1ccccc1)=NCC(=O)N2. The first kappa shape index (κ1) is 14.4. The van der Waals surface area contributed by atoms with Gasteiger partial charge in [-0.15, -0.1) is 0 Å². The van der Waals surface area contributed by atoms with Crippen molar-refractivity contribution < 1.29 is 4.79 Å². The van der Waals surface area contributed by atoms with Gasteiger partial charge < -0.3 is 5.32 Å². The van der Waals surface area contributed by atoms with Crippen molar-refractivity contribution in [3.05, 3.63) is 53.7 Å². The van der Waals surface area contributed by atoms with Crippen molar-refractivity contribution in [3.8, 4) is 0 Å². The third-order valence-corrected chi connectivity index (χ3v) is 3.49. The molecule has 2 heterocycles. The number of rotatable bonds is 2. The summed E-state index contributed by atoms with van der Waals surface area (Å²) in [6.07, 6.45) is 0. The summed E-state index contributed by atoms with van der Waals surface area (Å²) in [6, 6.07) is 13.7. The van der Waals surface area contributed by atoms with E-state index in [0.29, 0.717) is 10.2 Å². The van der Waals surface area contributed by atoms with Crippen LogP contribution in [-0.4, -0.2) is 44.3 Å². The van der Waals surface area contributed by atoms with Gasteiger partial charge in [-0.2, -0.15) is 4.98 Å². The third-order valence-electron chi connectivity index (χ3n) is 3.49. The summed E-state index contributed by atoms with van der Waals surface area (Å²) in [4.78, 5) is 21.1. The number of anilines is 1. The molecular weight excluding hydrogens is 276 g/mol. The number of quaternary nitrogens is 1. The van der Waals surface area contributed by atoms with E-state index in [2.05, 4.69) is 31.5 Å². The Labute approximate surface area is 129 Å². The molecule has 0 saturated carbocycles. The fraction of sp³-hybridized carbons (Fsp3) is 0.235. The average Bonchev–Trinajstić information content (AvgIpc) is 2.65. The molecule has 1 aromatic heterocycles. The van der Waals surface area contributed by atoms with Crippen LogP contribution in [0.25, 0.3) is 0 Å². The summed E-state index contributed by atoms with van der Waals surface area (Å²) in [5.41, 5.74) is 3.15. The van der Waals surface area contributed by atoms with Crippen molar-refractivity contribution in [2.24, 2.45) is 4.99 Å². The number of fused-ring (bicyclic) bond motifs is 1. The summed E-state index contributed by atoms with van der Waals surface area (Å²) in [7, 11) is 6.18. The number of amides is 1. The van der Waals surface area contributed by atoms with Gasteiger partial charge in [-0.25, -0.2) is 0 Å². The fourth-order valence-corrected chi connectivity index (χ4v) is 2.34. The van der Waals surface area contributed by atoms with Crippen LogP contribution in [0.2, 0.25) is 0 Å². The Hall–Kier alpha value is -2.53. The highest BCUT2D eigenvalue weighted by Crippen LogP contribution is 2.25. The zero-order chi connectivity index (χ0) is 15.7. The summed E-state index contributed by atoms with van der Waals surface area (Å²) in [5, 5.41) is 2.88. The molecule has 2 aromatic rings. The number of pyridine rings is 1. The van der Waals surface area contributed by atoms with Gasteiger partial charge in [-0.1, -0.05) is 30.3 Å². The smallest absolute Gasteiger partial charge is 0.246 e. The number of benzene rings is 1. The van der Waals surface area contributed by atoms with E-state index in [-0.39, 0.29) is 12.5 Å². The molecule has 3 rings (SSSR count). The second kappa shape index (κ2) is 5.35. The molecule has 112 valence electrons. The van der Waals surface area contributed by atoms with Gasteiger partial charge in [0.2, 0.25) is 11.7 Å². The number of hydrogen-bond acceptors (Lipinski definition) is 3. The quantitative estimate of drug-likeness (QED) is 0.862. The van der Waals surface area contributed by atoms with Crippen molar-refractivity contribution in [1.82, 2.24) is 9.47 Å². The van der Waals surface area contributed by atoms with E-state index in [4.69, 9.17) is 4.98 Å². The Morgan fingerprint density at radius 2 is 1.77 bits per heavy atom. The van der Waals surface area contributed by atoms with Crippen LogP contribution in [-0.2, 0) is 4.79 Å². The molecule has 0 spiro atoms. The first-order chi connectivity index (χ1) is 10.4. The topological polar surface area (TPSA) is 54.4 Å². The Kier molecular flexibility index (Phi) is 3.50. The van der Waals surface area contributed by atoms with E-state index in [0.717, 1.165) is 22.8 Å². The molecule has 1 aliphatic heterocycles. The molecule has 1 aliphatic rings. The predicted octanol–water partition coefficient (Wildman–Crippen LogP) is 2.07. The highest BCUT2D eigenvalue weighted by Gasteiger charge is 2.23. The maximum absolute atomic E-state index is 11.9. The lowest BCUT2D eigenvalue weighted by molar-refractivity contribution is -0.114. The van der Waals surface area contributed by atoms with Crippen LogP contribution in [0.5, 0.6) is 0 Å². The van der Waals surface area contributed by atoms with E-state index in [1.165, 1.54) is 0 Å². The first-order valence-corrected chi connectivity index (χ1v) is 7.18. The Morgan fingerprint density at radius 3 is 2.45 bits per heavy atom.